The Morgan fingerprint density at radius 2 is 1.70 bits per heavy atom. The minimum Gasteiger partial charge on any atom is -0.507 e. The number of pyridine rings is 1. The second-order valence-corrected chi connectivity index (χ2v) is 15.1. The molecule has 3 aromatic rings. The fraction of sp³-hybridized carbons (Fsp3) is 0.465. The first-order valence-corrected chi connectivity index (χ1v) is 19.4. The van der Waals surface area contributed by atoms with E-state index in [2.05, 4.69) is 5.32 Å². The summed E-state index contributed by atoms with van der Waals surface area (Å²) in [5.74, 6) is -2.72. The standard InChI is InChI=1S/C43H51N3O11/c1-25-10-8-13-30(47)12-7-5-6-11-27-17-33(48)40(41(52)39(27)43(53)57-25)31(28-18-34(54-2)42(56-4)35(19-28)55-3)20-36(49)44-21-38(51)45-22-26-16-29(24-45)32-14-9-15-37(50)46(32)23-26/h6,9,11,14-15,17-19,25-26,29,31,48,52H,5,7-8,10,12-13,16,20-24H2,1-4H3,(H,44,49)/t25-,26+,29-,31?/m0/s1. The fourth-order valence-electron chi connectivity index (χ4n) is 8.35. The van der Waals surface area contributed by atoms with E-state index in [0.717, 1.165) is 12.1 Å². The molecule has 2 bridgehead atoms. The molecule has 304 valence electrons. The SMILES string of the molecule is COc1cc(C(CC(=O)NCC(=O)N2C[C@H]3C[C@@H](C2)c2cccc(=O)n2C3)c2c(O)cc3c(c2O)C(=O)O[C@@H](C)CCCC(=O)CCCC=C3)cc(OC)c1OC. The Bertz CT molecular complexity index is 2080. The number of carbonyl (C=O) groups excluding carboxylic acids is 4. The predicted molar refractivity (Wildman–Crippen MR) is 210 cm³/mol. The summed E-state index contributed by atoms with van der Waals surface area (Å²) in [5, 5.41) is 26.4. The zero-order chi connectivity index (χ0) is 40.8. The maximum atomic E-state index is 13.9. The first kappa shape index (κ1) is 40.9. The van der Waals surface area contributed by atoms with Gasteiger partial charge in [-0.1, -0.05) is 18.2 Å². The summed E-state index contributed by atoms with van der Waals surface area (Å²) in [4.78, 5) is 67.7. The molecule has 0 aliphatic carbocycles. The van der Waals surface area contributed by atoms with Crippen LogP contribution in [0.4, 0.5) is 0 Å². The molecule has 3 aliphatic rings. The number of nitrogens with one attached hydrogen (secondary N) is 1. The summed E-state index contributed by atoms with van der Waals surface area (Å²) in [7, 11) is 4.31. The second kappa shape index (κ2) is 18.0. The smallest absolute Gasteiger partial charge is 0.342 e. The molecule has 0 radical (unpaired) electrons. The van der Waals surface area contributed by atoms with Crippen LogP contribution in [0.15, 0.2) is 47.3 Å². The highest BCUT2D eigenvalue weighted by molar-refractivity contribution is 5.98. The summed E-state index contributed by atoms with van der Waals surface area (Å²) in [6.45, 7) is 2.81. The van der Waals surface area contributed by atoms with E-state index in [1.165, 1.54) is 27.4 Å². The molecule has 0 saturated carbocycles. The lowest BCUT2D eigenvalue weighted by atomic mass is 9.83. The number of hydrogen-bond donors (Lipinski definition) is 3. The number of benzene rings is 2. The molecule has 57 heavy (non-hydrogen) atoms. The van der Waals surface area contributed by atoms with Gasteiger partial charge in [0.1, 0.15) is 22.8 Å². The Balaban J connectivity index is 1.32. The number of Topliss-reactive ketones (excluding diaryl/α,β-unsaturated/α-hetero) is 1. The number of aromatic hydroxyl groups is 2. The molecule has 4 heterocycles. The molecule has 4 atom stereocenters. The van der Waals surface area contributed by atoms with Crippen LogP contribution in [0, 0.1) is 5.92 Å². The van der Waals surface area contributed by atoms with Gasteiger partial charge in [-0.25, -0.2) is 4.79 Å². The minimum atomic E-state index is -1.10. The molecule has 3 N–H and O–H groups in total. The third kappa shape index (κ3) is 9.11. The summed E-state index contributed by atoms with van der Waals surface area (Å²) < 4.78 is 24.3. The highest BCUT2D eigenvalue weighted by Gasteiger charge is 2.37. The van der Waals surface area contributed by atoms with Gasteiger partial charge in [0.15, 0.2) is 11.5 Å². The number of aromatic nitrogens is 1. The van der Waals surface area contributed by atoms with E-state index in [4.69, 9.17) is 18.9 Å². The largest absolute Gasteiger partial charge is 0.507 e. The Kier molecular flexibility index (Phi) is 12.9. The molecule has 2 amide bonds. The van der Waals surface area contributed by atoms with Gasteiger partial charge < -0.3 is 43.9 Å². The molecular weight excluding hydrogens is 734 g/mol. The van der Waals surface area contributed by atoms with Gasteiger partial charge in [-0.2, -0.15) is 0 Å². The average Bonchev–Trinajstić information content (AvgIpc) is 3.18. The molecular formula is C43H51N3O11. The quantitative estimate of drug-likeness (QED) is 0.247. The van der Waals surface area contributed by atoms with Crippen LogP contribution >= 0.6 is 0 Å². The van der Waals surface area contributed by atoms with Crippen LogP contribution in [0.2, 0.25) is 0 Å². The summed E-state index contributed by atoms with van der Waals surface area (Å²) >= 11 is 0. The number of methoxy groups -OCH3 is 3. The summed E-state index contributed by atoms with van der Waals surface area (Å²) in [6.07, 6.45) is 6.19. The van der Waals surface area contributed by atoms with Crippen molar-refractivity contribution in [2.75, 3.05) is 41.0 Å². The summed E-state index contributed by atoms with van der Waals surface area (Å²) in [6, 6.07) is 9.72. The van der Waals surface area contributed by atoms with Crippen molar-refractivity contribution in [2.24, 2.45) is 5.92 Å². The number of phenols is 2. The van der Waals surface area contributed by atoms with Crippen molar-refractivity contribution in [1.82, 2.24) is 14.8 Å². The third-order valence-corrected chi connectivity index (χ3v) is 11.1. The zero-order valence-electron chi connectivity index (χ0n) is 32.9. The number of fused-ring (bicyclic) bond motifs is 5. The molecule has 1 unspecified atom stereocenters. The number of phenolic OH excluding ortho intramolecular Hbond substituents is 2. The van der Waals surface area contributed by atoms with E-state index in [1.807, 2.05) is 6.07 Å². The lowest BCUT2D eigenvalue weighted by Crippen LogP contribution is -2.51. The van der Waals surface area contributed by atoms with Crippen LogP contribution in [0.5, 0.6) is 28.7 Å². The molecule has 14 heteroatoms. The Morgan fingerprint density at radius 3 is 2.42 bits per heavy atom. The lowest BCUT2D eigenvalue weighted by Gasteiger charge is -2.42. The fourth-order valence-corrected chi connectivity index (χ4v) is 8.35. The molecule has 3 aliphatic heterocycles. The van der Waals surface area contributed by atoms with Crippen LogP contribution in [-0.2, 0) is 25.7 Å². The van der Waals surface area contributed by atoms with Crippen LogP contribution in [0.25, 0.3) is 6.08 Å². The monoisotopic (exact) mass is 785 g/mol. The Hall–Kier alpha value is -5.79. The maximum absolute atomic E-state index is 13.9. The first-order valence-electron chi connectivity index (χ1n) is 19.4. The lowest BCUT2D eigenvalue weighted by molar-refractivity contribution is -0.135. The van der Waals surface area contributed by atoms with Gasteiger partial charge in [-0.05, 0) is 80.3 Å². The number of ether oxygens (including phenoxy) is 4. The van der Waals surface area contributed by atoms with E-state index in [9.17, 15) is 34.2 Å². The van der Waals surface area contributed by atoms with Gasteiger partial charge in [-0.15, -0.1) is 0 Å². The third-order valence-electron chi connectivity index (χ3n) is 11.1. The van der Waals surface area contributed by atoms with Crippen LogP contribution in [0.1, 0.15) is 103 Å². The number of esters is 1. The van der Waals surface area contributed by atoms with Gasteiger partial charge in [0.2, 0.25) is 17.6 Å². The van der Waals surface area contributed by atoms with Crippen molar-refractivity contribution in [2.45, 2.75) is 82.8 Å². The number of piperidine rings is 1. The molecule has 14 nitrogen and oxygen atoms in total. The number of carbonyl (C=O) groups is 4. The molecule has 6 rings (SSSR count). The normalized spacial score (nSPS) is 20.3. The number of cyclic esters (lactones) is 1. The van der Waals surface area contributed by atoms with Gasteiger partial charge in [0.05, 0.1) is 34.0 Å². The highest BCUT2D eigenvalue weighted by atomic mass is 16.5. The van der Waals surface area contributed by atoms with Crippen LogP contribution in [-0.4, -0.2) is 90.3 Å². The Morgan fingerprint density at radius 1 is 0.965 bits per heavy atom. The van der Waals surface area contributed by atoms with E-state index < -0.39 is 35.4 Å². The van der Waals surface area contributed by atoms with Gasteiger partial charge in [0, 0.05) is 68.1 Å². The van der Waals surface area contributed by atoms with Crippen LogP contribution < -0.4 is 25.1 Å². The van der Waals surface area contributed by atoms with E-state index in [0.29, 0.717) is 63.7 Å². The Labute approximate surface area is 331 Å². The first-order chi connectivity index (χ1) is 27.4. The van der Waals surface area contributed by atoms with Crippen molar-refractivity contribution in [1.29, 1.82) is 0 Å². The van der Waals surface area contributed by atoms with Crippen molar-refractivity contribution in [3.05, 3.63) is 80.8 Å². The second-order valence-electron chi connectivity index (χ2n) is 15.1. The molecule has 0 spiro atoms. The van der Waals surface area contributed by atoms with Crippen molar-refractivity contribution < 1.29 is 48.3 Å². The number of likely N-dealkylation sites (tertiary alicyclic amines) is 1. The van der Waals surface area contributed by atoms with Crippen molar-refractivity contribution in [3.8, 4) is 28.7 Å². The number of hydrogen-bond acceptors (Lipinski definition) is 11. The van der Waals surface area contributed by atoms with Gasteiger partial charge >= 0.3 is 5.97 Å². The highest BCUT2D eigenvalue weighted by Crippen LogP contribution is 2.48. The van der Waals surface area contributed by atoms with E-state index in [1.54, 1.807) is 52.8 Å². The van der Waals surface area contributed by atoms with Gasteiger partial charge in [0.25, 0.3) is 5.56 Å². The molecule has 1 aromatic heterocycles. The van der Waals surface area contributed by atoms with Crippen molar-refractivity contribution >= 4 is 29.6 Å². The minimum absolute atomic E-state index is 0.00378. The number of allylic oxidation sites excluding steroid dienone is 1. The average molecular weight is 786 g/mol. The molecule has 1 fully saturated rings. The van der Waals surface area contributed by atoms with E-state index >= 15 is 0 Å². The van der Waals surface area contributed by atoms with Crippen LogP contribution in [0.3, 0.4) is 0 Å². The maximum Gasteiger partial charge on any atom is 0.342 e. The number of ketones is 1. The van der Waals surface area contributed by atoms with E-state index in [-0.39, 0.29) is 76.0 Å². The molecule has 2 aromatic carbocycles. The predicted octanol–water partition coefficient (Wildman–Crippen LogP) is 5.05. The topological polar surface area (TPSA) is 183 Å². The summed E-state index contributed by atoms with van der Waals surface area (Å²) in [5.41, 5.74) is 1.11. The van der Waals surface area contributed by atoms with Crippen molar-refractivity contribution in [3.63, 3.8) is 0 Å². The number of nitrogens with zero attached hydrogens (tertiary/aromatic N) is 2. The molecule has 1 saturated heterocycles. The number of rotatable bonds is 9. The van der Waals surface area contributed by atoms with Gasteiger partial charge in [-0.3, -0.25) is 19.2 Å². The zero-order valence-corrected chi connectivity index (χ0v) is 32.9. The number of amides is 2.